The highest BCUT2D eigenvalue weighted by Gasteiger charge is 2.42. The van der Waals surface area contributed by atoms with Crippen LogP contribution in [0.4, 0.5) is 11.4 Å². The van der Waals surface area contributed by atoms with Crippen molar-refractivity contribution in [3.8, 4) is 0 Å². The monoisotopic (exact) mass is 807 g/mol. The zero-order chi connectivity index (χ0) is 41.9. The number of anilines is 1. The molecule has 4 aromatic rings. The number of imide groups is 1. The molecule has 5 heterocycles. The first-order valence-electron chi connectivity index (χ1n) is 21.7. The van der Waals surface area contributed by atoms with Gasteiger partial charge in [-0.15, -0.1) is 0 Å². The summed E-state index contributed by atoms with van der Waals surface area (Å²) in [5.74, 6) is -0.580. The lowest BCUT2D eigenvalue weighted by Gasteiger charge is -2.44. The first-order chi connectivity index (χ1) is 28.9. The molecule has 5 aliphatic rings. The average molecular weight is 808 g/mol. The molecule has 12 heteroatoms. The number of H-pyrrole nitrogens is 1. The maximum absolute atomic E-state index is 14.1. The van der Waals surface area contributed by atoms with Crippen molar-refractivity contribution in [2.75, 3.05) is 44.2 Å². The molecule has 1 atom stereocenters. The van der Waals surface area contributed by atoms with Crippen molar-refractivity contribution >= 4 is 51.7 Å². The zero-order valence-corrected chi connectivity index (χ0v) is 34.9. The van der Waals surface area contributed by atoms with E-state index in [1.807, 2.05) is 29.2 Å². The van der Waals surface area contributed by atoms with Crippen LogP contribution in [-0.4, -0.2) is 100 Å². The number of carbonyl (C=O) groups excluding carboxylic acids is 5. The van der Waals surface area contributed by atoms with Crippen LogP contribution in [-0.2, 0) is 39.2 Å². The fourth-order valence-electron chi connectivity index (χ4n) is 10.5. The van der Waals surface area contributed by atoms with Crippen LogP contribution in [0.2, 0.25) is 0 Å². The van der Waals surface area contributed by atoms with Crippen molar-refractivity contribution < 1.29 is 24.0 Å². The number of carbonyl (C=O) groups is 5. The second-order valence-corrected chi connectivity index (χ2v) is 17.8. The molecule has 4 aliphatic heterocycles. The van der Waals surface area contributed by atoms with Gasteiger partial charge in [-0.25, -0.2) is 4.85 Å². The van der Waals surface area contributed by atoms with Gasteiger partial charge in [-0.3, -0.25) is 34.2 Å². The molecule has 0 radical (unpaired) electrons. The quantitative estimate of drug-likeness (QED) is 0.113. The number of ketones is 1. The third-order valence-electron chi connectivity index (χ3n) is 14.0. The summed E-state index contributed by atoms with van der Waals surface area (Å²) in [5.41, 5.74) is 9.53. The predicted molar refractivity (Wildman–Crippen MR) is 229 cm³/mol. The lowest BCUT2D eigenvalue weighted by atomic mass is 9.70. The largest absolute Gasteiger partial charge is 0.371 e. The minimum Gasteiger partial charge on any atom is -0.371 e. The summed E-state index contributed by atoms with van der Waals surface area (Å²) < 4.78 is 0. The Morgan fingerprint density at radius 2 is 1.68 bits per heavy atom. The molecule has 12 nitrogen and oxygen atoms in total. The number of aryl methyl sites for hydroxylation is 2. The Kier molecular flexibility index (Phi) is 10.4. The molecule has 1 aromatic heterocycles. The van der Waals surface area contributed by atoms with E-state index in [-0.39, 0.29) is 29.9 Å². The summed E-state index contributed by atoms with van der Waals surface area (Å²) in [7, 11) is 0. The standard InChI is InChI=1S/C48H53N7O5/c1-5-30-25-36-37(48(2,3)45-43(44(36)58)35-13-11-32(49-4)26-38(35)50-45)27-40(30)53-18-16-33(17-19-53)52-20-22-54(23-21-52)42(57)9-7-6-8-29-10-12-34-31(24-29)28-55(47(34)60)39-14-15-41(56)51-46(39)59/h10-13,24-27,33,39,50H,5-9,14-23,28H2,1-3H3,(H,51,56,59). The van der Waals surface area contributed by atoms with E-state index in [1.54, 1.807) is 11.0 Å². The number of aromatic amines is 1. The van der Waals surface area contributed by atoms with Crippen LogP contribution >= 0.6 is 0 Å². The maximum Gasteiger partial charge on any atom is 0.255 e. The number of amides is 4. The van der Waals surface area contributed by atoms with Gasteiger partial charge in [0.25, 0.3) is 5.91 Å². The zero-order valence-electron chi connectivity index (χ0n) is 34.9. The summed E-state index contributed by atoms with van der Waals surface area (Å²) in [5, 5.41) is 3.23. The molecule has 0 saturated carbocycles. The molecule has 3 aromatic carbocycles. The molecule has 60 heavy (non-hydrogen) atoms. The second-order valence-electron chi connectivity index (χ2n) is 17.8. The molecular weight excluding hydrogens is 755 g/mol. The Balaban J connectivity index is 0.753. The Bertz CT molecular complexity index is 2480. The number of nitrogens with zero attached hydrogens (tertiary/aromatic N) is 5. The molecule has 3 fully saturated rings. The van der Waals surface area contributed by atoms with Gasteiger partial charge in [0.2, 0.25) is 17.7 Å². The van der Waals surface area contributed by atoms with Gasteiger partial charge in [0, 0.05) is 104 Å². The van der Waals surface area contributed by atoms with E-state index in [0.29, 0.717) is 36.7 Å². The van der Waals surface area contributed by atoms with Gasteiger partial charge >= 0.3 is 0 Å². The number of fused-ring (bicyclic) bond motifs is 5. The second kappa shape index (κ2) is 15.7. The SMILES string of the molecule is [C-]#[N+]c1ccc2c3c([nH]c2c1)C(C)(C)c1cc(N2CCC(N4CCN(C(=O)CCCCc5ccc6c(c5)CN(C5CCC(=O)NC5=O)C6=O)CC4)CC2)c(CC)cc1C3=O. The van der Waals surface area contributed by atoms with Gasteiger partial charge in [0.1, 0.15) is 6.04 Å². The van der Waals surface area contributed by atoms with Crippen LogP contribution in [0.25, 0.3) is 15.7 Å². The molecule has 0 spiro atoms. The van der Waals surface area contributed by atoms with Crippen LogP contribution in [0.15, 0.2) is 48.5 Å². The summed E-state index contributed by atoms with van der Waals surface area (Å²) >= 11 is 0. The number of nitrogens with one attached hydrogen (secondary N) is 2. The highest BCUT2D eigenvalue weighted by atomic mass is 16.2. The third-order valence-corrected chi connectivity index (χ3v) is 14.0. The smallest absolute Gasteiger partial charge is 0.255 e. The van der Waals surface area contributed by atoms with E-state index in [0.717, 1.165) is 122 Å². The molecule has 310 valence electrons. The molecule has 1 unspecified atom stereocenters. The van der Waals surface area contributed by atoms with Crippen LogP contribution < -0.4 is 10.2 Å². The highest BCUT2D eigenvalue weighted by Crippen LogP contribution is 2.46. The maximum atomic E-state index is 14.1. The summed E-state index contributed by atoms with van der Waals surface area (Å²) in [6.07, 6.45) is 6.55. The van der Waals surface area contributed by atoms with Crippen molar-refractivity contribution in [2.24, 2.45) is 0 Å². The Hall–Kier alpha value is -5.80. The van der Waals surface area contributed by atoms with E-state index < -0.39 is 17.4 Å². The minimum atomic E-state index is -0.616. The van der Waals surface area contributed by atoms with Gasteiger partial charge in [-0.1, -0.05) is 45.0 Å². The van der Waals surface area contributed by atoms with Gasteiger partial charge in [-0.2, -0.15) is 0 Å². The van der Waals surface area contributed by atoms with Crippen LogP contribution in [0.5, 0.6) is 0 Å². The van der Waals surface area contributed by atoms with Crippen LogP contribution in [0.3, 0.4) is 0 Å². The molecule has 9 rings (SSSR count). The average Bonchev–Trinajstić information content (AvgIpc) is 3.81. The summed E-state index contributed by atoms with van der Waals surface area (Å²) in [4.78, 5) is 80.3. The third kappa shape index (κ3) is 6.96. The number of hydrogen-bond donors (Lipinski definition) is 2. The summed E-state index contributed by atoms with van der Waals surface area (Å²) in [6, 6.07) is 15.7. The number of unbranched alkanes of at least 4 members (excludes halogenated alkanes) is 1. The lowest BCUT2D eigenvalue weighted by Crippen LogP contribution is -2.54. The van der Waals surface area contributed by atoms with Crippen LogP contribution in [0.1, 0.15) is 120 Å². The molecule has 4 amide bonds. The van der Waals surface area contributed by atoms with Crippen LogP contribution in [0, 0.1) is 6.57 Å². The molecule has 0 bridgehead atoms. The molecule has 3 saturated heterocycles. The van der Waals surface area contributed by atoms with Crippen molar-refractivity contribution in [3.05, 3.63) is 105 Å². The van der Waals surface area contributed by atoms with Gasteiger partial charge in [-0.05, 0) is 91.5 Å². The first-order valence-corrected chi connectivity index (χ1v) is 21.7. The molecular formula is C48H53N7O5. The Morgan fingerprint density at radius 3 is 2.42 bits per heavy atom. The fourth-order valence-corrected chi connectivity index (χ4v) is 10.5. The van der Waals surface area contributed by atoms with Crippen molar-refractivity contribution in [1.82, 2.24) is 25.0 Å². The Morgan fingerprint density at radius 1 is 0.900 bits per heavy atom. The number of piperazine rings is 1. The predicted octanol–water partition coefficient (Wildman–Crippen LogP) is 6.44. The van der Waals surface area contributed by atoms with E-state index >= 15 is 0 Å². The van der Waals surface area contributed by atoms with E-state index in [2.05, 4.69) is 63.9 Å². The van der Waals surface area contributed by atoms with Gasteiger partial charge in [0.05, 0.1) is 12.1 Å². The first kappa shape index (κ1) is 39.6. The number of hydrogen-bond acceptors (Lipinski definition) is 7. The number of aromatic nitrogens is 1. The number of benzene rings is 3. The minimum absolute atomic E-state index is 0.0520. The van der Waals surface area contributed by atoms with E-state index in [4.69, 9.17) is 6.57 Å². The van der Waals surface area contributed by atoms with Crippen molar-refractivity contribution in [1.29, 1.82) is 0 Å². The topological polar surface area (TPSA) is 130 Å². The number of piperidine rings is 2. The van der Waals surface area contributed by atoms with Gasteiger partial charge < -0.3 is 19.7 Å². The van der Waals surface area contributed by atoms with E-state index in [1.165, 1.54) is 11.3 Å². The Labute approximate surface area is 351 Å². The molecule has 2 N–H and O–H groups in total. The number of rotatable bonds is 9. The lowest BCUT2D eigenvalue weighted by molar-refractivity contribution is -0.137. The van der Waals surface area contributed by atoms with Crippen molar-refractivity contribution in [3.63, 3.8) is 0 Å². The fraction of sp³-hybridized carbons (Fsp3) is 0.458. The highest BCUT2D eigenvalue weighted by molar-refractivity contribution is 6.20. The van der Waals surface area contributed by atoms with E-state index in [9.17, 15) is 24.0 Å². The summed E-state index contributed by atoms with van der Waals surface area (Å²) in [6.45, 7) is 19.6. The van der Waals surface area contributed by atoms with Crippen molar-refractivity contribution in [2.45, 2.75) is 103 Å². The molecule has 1 aliphatic carbocycles. The normalized spacial score (nSPS) is 20.6. The van der Waals surface area contributed by atoms with Gasteiger partial charge in [0.15, 0.2) is 11.5 Å².